The fourth-order valence-corrected chi connectivity index (χ4v) is 3.84. The molecule has 0 amide bonds. The summed E-state index contributed by atoms with van der Waals surface area (Å²) in [6.07, 6.45) is -2.76. The molecule has 5 rings (SSSR count). The van der Waals surface area contributed by atoms with Crippen molar-refractivity contribution in [3.63, 3.8) is 0 Å². The van der Waals surface area contributed by atoms with E-state index in [2.05, 4.69) is 20.3 Å². The second-order valence-corrected chi connectivity index (χ2v) is 7.41. The van der Waals surface area contributed by atoms with E-state index in [1.165, 1.54) is 11.8 Å². The molecule has 30 heavy (non-hydrogen) atoms. The van der Waals surface area contributed by atoms with Gasteiger partial charge in [-0.1, -0.05) is 60.7 Å². The highest BCUT2D eigenvalue weighted by Crippen LogP contribution is 2.34. The predicted molar refractivity (Wildman–Crippen MR) is 109 cm³/mol. The summed E-state index contributed by atoms with van der Waals surface area (Å²) in [6, 6.07) is 23.1. The molecule has 0 radical (unpaired) electrons. The lowest BCUT2D eigenvalue weighted by molar-refractivity contribution is 0.137. The minimum absolute atomic E-state index is 0.268. The molecule has 3 heterocycles. The SMILES string of the molecule is FC(F)c1nnc2ccc(Sc3nc(-c4ccccc4)c(-c4ccccc4)[nH]3)nn12. The summed E-state index contributed by atoms with van der Waals surface area (Å²) in [6.45, 7) is 0. The number of hydrogen-bond donors (Lipinski definition) is 1. The van der Waals surface area contributed by atoms with E-state index in [0.717, 1.165) is 27.0 Å². The summed E-state index contributed by atoms with van der Waals surface area (Å²) in [7, 11) is 0. The lowest BCUT2D eigenvalue weighted by atomic mass is 10.1. The molecule has 0 aliphatic heterocycles. The minimum Gasteiger partial charge on any atom is -0.332 e. The van der Waals surface area contributed by atoms with E-state index in [4.69, 9.17) is 4.98 Å². The van der Waals surface area contributed by atoms with Crippen molar-refractivity contribution in [1.29, 1.82) is 0 Å². The fraction of sp³-hybridized carbons (Fsp3) is 0.0476. The first-order valence-corrected chi connectivity index (χ1v) is 9.90. The molecule has 3 aromatic heterocycles. The molecule has 0 saturated carbocycles. The molecule has 0 bridgehead atoms. The first kappa shape index (κ1) is 18.4. The number of aromatic amines is 1. The molecule has 0 aliphatic carbocycles. The predicted octanol–water partition coefficient (Wildman–Crippen LogP) is 5.27. The van der Waals surface area contributed by atoms with Crippen LogP contribution in [0.15, 0.2) is 83.0 Å². The van der Waals surface area contributed by atoms with Crippen LogP contribution < -0.4 is 0 Å². The van der Waals surface area contributed by atoms with Crippen molar-refractivity contribution in [1.82, 2.24) is 29.8 Å². The van der Waals surface area contributed by atoms with E-state index in [-0.39, 0.29) is 5.65 Å². The highest BCUT2D eigenvalue weighted by molar-refractivity contribution is 7.99. The first-order valence-electron chi connectivity index (χ1n) is 9.08. The Kier molecular flexibility index (Phi) is 4.72. The lowest BCUT2D eigenvalue weighted by Gasteiger charge is -2.02. The standard InChI is InChI=1S/C21H14F2N6S/c22-19(23)20-27-26-15-11-12-16(28-29(15)20)30-21-24-17(13-7-3-1-4-8-13)18(25-21)14-9-5-2-6-10-14/h1-12,19H,(H,24,25). The Bertz CT molecular complexity index is 1240. The third-order valence-electron chi connectivity index (χ3n) is 4.45. The molecule has 9 heteroatoms. The molecule has 0 unspecified atom stereocenters. The maximum atomic E-state index is 13.1. The number of fused-ring (bicyclic) bond motifs is 1. The van der Waals surface area contributed by atoms with Crippen LogP contribution in [-0.4, -0.2) is 29.8 Å². The second-order valence-electron chi connectivity index (χ2n) is 6.40. The number of hydrogen-bond acceptors (Lipinski definition) is 5. The molecule has 5 aromatic rings. The van der Waals surface area contributed by atoms with Crippen LogP contribution >= 0.6 is 11.8 Å². The van der Waals surface area contributed by atoms with Crippen molar-refractivity contribution in [3.05, 3.63) is 78.6 Å². The molecule has 0 saturated heterocycles. The number of H-pyrrole nitrogens is 1. The van der Waals surface area contributed by atoms with Gasteiger partial charge in [0.25, 0.3) is 6.43 Å². The molecule has 0 aliphatic rings. The third kappa shape index (κ3) is 3.43. The minimum atomic E-state index is -2.76. The van der Waals surface area contributed by atoms with E-state index in [1.807, 2.05) is 60.7 Å². The Balaban J connectivity index is 1.56. The number of halogens is 2. The van der Waals surface area contributed by atoms with Gasteiger partial charge < -0.3 is 4.98 Å². The fourth-order valence-electron chi connectivity index (χ4n) is 3.10. The number of nitrogens with zero attached hydrogens (tertiary/aromatic N) is 5. The van der Waals surface area contributed by atoms with Gasteiger partial charge >= 0.3 is 0 Å². The quantitative estimate of drug-likeness (QED) is 0.419. The third-order valence-corrected chi connectivity index (χ3v) is 5.26. The van der Waals surface area contributed by atoms with Crippen LogP contribution in [0.1, 0.15) is 12.2 Å². The Hall–Kier alpha value is -3.59. The highest BCUT2D eigenvalue weighted by atomic mass is 32.2. The van der Waals surface area contributed by atoms with E-state index in [9.17, 15) is 8.78 Å². The van der Waals surface area contributed by atoms with Crippen LogP contribution in [0.5, 0.6) is 0 Å². The van der Waals surface area contributed by atoms with Crippen molar-refractivity contribution in [2.24, 2.45) is 0 Å². The zero-order valence-electron chi connectivity index (χ0n) is 15.4. The van der Waals surface area contributed by atoms with E-state index < -0.39 is 12.2 Å². The van der Waals surface area contributed by atoms with Gasteiger partial charge in [0.05, 0.1) is 11.4 Å². The summed E-state index contributed by atoms with van der Waals surface area (Å²) < 4.78 is 27.3. The van der Waals surface area contributed by atoms with Crippen molar-refractivity contribution in [3.8, 4) is 22.5 Å². The molecule has 1 N–H and O–H groups in total. The summed E-state index contributed by atoms with van der Waals surface area (Å²) in [5.74, 6) is -0.484. The van der Waals surface area contributed by atoms with E-state index in [0.29, 0.717) is 10.2 Å². The van der Waals surface area contributed by atoms with Gasteiger partial charge in [-0.2, -0.15) is 9.61 Å². The average Bonchev–Trinajstić information content (AvgIpc) is 3.39. The number of rotatable bonds is 5. The normalized spacial score (nSPS) is 11.4. The molecular formula is C21H14F2N6S. The monoisotopic (exact) mass is 420 g/mol. The zero-order valence-corrected chi connectivity index (χ0v) is 16.2. The van der Waals surface area contributed by atoms with Crippen molar-refractivity contribution < 1.29 is 8.78 Å². The van der Waals surface area contributed by atoms with Crippen molar-refractivity contribution in [2.75, 3.05) is 0 Å². The van der Waals surface area contributed by atoms with Gasteiger partial charge in [-0.05, 0) is 23.9 Å². The molecule has 6 nitrogen and oxygen atoms in total. The van der Waals surface area contributed by atoms with Gasteiger partial charge in [0.2, 0.25) is 5.82 Å². The maximum absolute atomic E-state index is 13.1. The van der Waals surface area contributed by atoms with Crippen LogP contribution in [0.2, 0.25) is 0 Å². The van der Waals surface area contributed by atoms with Gasteiger partial charge in [0.1, 0.15) is 5.03 Å². The van der Waals surface area contributed by atoms with Gasteiger partial charge in [-0.15, -0.1) is 10.2 Å². The van der Waals surface area contributed by atoms with Gasteiger partial charge in [0.15, 0.2) is 10.8 Å². The largest absolute Gasteiger partial charge is 0.332 e. The molecule has 0 atom stereocenters. The van der Waals surface area contributed by atoms with E-state index >= 15 is 0 Å². The highest BCUT2D eigenvalue weighted by Gasteiger charge is 2.19. The lowest BCUT2D eigenvalue weighted by Crippen LogP contribution is -2.00. The van der Waals surface area contributed by atoms with Gasteiger partial charge in [0, 0.05) is 11.1 Å². The van der Waals surface area contributed by atoms with Gasteiger partial charge in [-0.25, -0.2) is 13.8 Å². The summed E-state index contributed by atoms with van der Waals surface area (Å²) in [5, 5.41) is 12.6. The summed E-state index contributed by atoms with van der Waals surface area (Å²) >= 11 is 1.25. The molecular weight excluding hydrogens is 406 g/mol. The van der Waals surface area contributed by atoms with Crippen LogP contribution in [-0.2, 0) is 0 Å². The zero-order chi connectivity index (χ0) is 20.5. The topological polar surface area (TPSA) is 71.8 Å². The number of alkyl halides is 2. The Morgan fingerprint density at radius 2 is 1.53 bits per heavy atom. The average molecular weight is 420 g/mol. The Morgan fingerprint density at radius 3 is 2.23 bits per heavy atom. The van der Waals surface area contributed by atoms with Crippen molar-refractivity contribution >= 4 is 17.4 Å². The molecule has 148 valence electrons. The van der Waals surface area contributed by atoms with Gasteiger partial charge in [-0.3, -0.25) is 0 Å². The van der Waals surface area contributed by atoms with Crippen LogP contribution in [0.3, 0.4) is 0 Å². The Labute approximate surface area is 174 Å². The number of imidazole rings is 1. The smallest absolute Gasteiger partial charge is 0.299 e. The summed E-state index contributed by atoms with van der Waals surface area (Å²) in [4.78, 5) is 8.10. The van der Waals surface area contributed by atoms with Crippen LogP contribution in [0.25, 0.3) is 28.2 Å². The molecule has 0 spiro atoms. The molecule has 0 fully saturated rings. The van der Waals surface area contributed by atoms with Crippen LogP contribution in [0, 0.1) is 0 Å². The summed E-state index contributed by atoms with van der Waals surface area (Å²) in [5.41, 5.74) is 3.93. The Morgan fingerprint density at radius 1 is 0.833 bits per heavy atom. The van der Waals surface area contributed by atoms with E-state index in [1.54, 1.807) is 12.1 Å². The number of benzene rings is 2. The number of nitrogens with one attached hydrogen (secondary N) is 1. The number of aromatic nitrogens is 6. The first-order chi connectivity index (χ1) is 14.7. The maximum Gasteiger partial charge on any atom is 0.299 e. The van der Waals surface area contributed by atoms with Crippen molar-refractivity contribution in [2.45, 2.75) is 16.6 Å². The van der Waals surface area contributed by atoms with Crippen LogP contribution in [0.4, 0.5) is 8.78 Å². The molecule has 2 aromatic carbocycles. The second kappa shape index (κ2) is 7.68.